The lowest BCUT2D eigenvalue weighted by Crippen LogP contribution is -2.43. The Morgan fingerprint density at radius 3 is 2.67 bits per heavy atom. The summed E-state index contributed by atoms with van der Waals surface area (Å²) in [7, 11) is 0. The first kappa shape index (κ1) is 16.8. The van der Waals surface area contributed by atoms with Crippen LogP contribution in [0, 0.1) is 17.8 Å². The van der Waals surface area contributed by atoms with E-state index < -0.39 is 11.8 Å². The van der Waals surface area contributed by atoms with Gasteiger partial charge in [-0.05, 0) is 54.7 Å². The van der Waals surface area contributed by atoms with Gasteiger partial charge in [-0.2, -0.15) is 0 Å². The molecule has 130 valence electrons. The molecule has 0 aromatic heterocycles. The molecule has 3 rings (SSSR count). The molecule has 1 aromatic rings. The molecule has 24 heavy (non-hydrogen) atoms. The first-order valence-corrected chi connectivity index (χ1v) is 8.57. The standard InChI is InChI=1S/C19H27N3O2/c1-12-5-6-14(20)15(7-12)21-16(23)17(24)22-11-19(4)9-13(22)8-18(2,3)10-19/h5-7,13H,8-11,20H2,1-4H3,(H,21,23). The summed E-state index contributed by atoms with van der Waals surface area (Å²) in [4.78, 5) is 26.9. The smallest absolute Gasteiger partial charge is 0.313 e. The summed E-state index contributed by atoms with van der Waals surface area (Å²) in [6, 6.07) is 5.56. The number of carbonyl (C=O) groups is 2. The minimum Gasteiger partial charge on any atom is -0.397 e. The van der Waals surface area contributed by atoms with E-state index >= 15 is 0 Å². The van der Waals surface area contributed by atoms with Crippen LogP contribution in [0.15, 0.2) is 18.2 Å². The van der Waals surface area contributed by atoms with E-state index in [1.54, 1.807) is 17.0 Å². The molecule has 1 aliphatic heterocycles. The van der Waals surface area contributed by atoms with Crippen LogP contribution in [0.1, 0.15) is 45.6 Å². The molecule has 1 aliphatic carbocycles. The second kappa shape index (κ2) is 5.50. The zero-order valence-electron chi connectivity index (χ0n) is 15.0. The number of nitrogens with two attached hydrogens (primary N) is 1. The highest BCUT2D eigenvalue weighted by atomic mass is 16.2. The Bertz CT molecular complexity index is 698. The van der Waals surface area contributed by atoms with Gasteiger partial charge < -0.3 is 16.0 Å². The topological polar surface area (TPSA) is 75.4 Å². The maximum atomic E-state index is 12.7. The zero-order valence-corrected chi connectivity index (χ0v) is 15.0. The molecule has 2 fully saturated rings. The van der Waals surface area contributed by atoms with Crippen LogP contribution in [0.25, 0.3) is 0 Å². The van der Waals surface area contributed by atoms with Gasteiger partial charge in [-0.3, -0.25) is 9.59 Å². The quantitative estimate of drug-likeness (QED) is 0.614. The van der Waals surface area contributed by atoms with Crippen LogP contribution in [0.5, 0.6) is 0 Å². The van der Waals surface area contributed by atoms with Gasteiger partial charge in [0.1, 0.15) is 0 Å². The summed E-state index contributed by atoms with van der Waals surface area (Å²) in [6.45, 7) is 9.31. The predicted molar refractivity (Wildman–Crippen MR) is 95.5 cm³/mol. The summed E-state index contributed by atoms with van der Waals surface area (Å²) in [6.07, 6.45) is 3.03. The number of anilines is 2. The van der Waals surface area contributed by atoms with Gasteiger partial charge in [0.15, 0.2) is 0 Å². The Balaban J connectivity index is 1.75. The highest BCUT2D eigenvalue weighted by molar-refractivity contribution is 6.40. The fraction of sp³-hybridized carbons (Fsp3) is 0.579. The van der Waals surface area contributed by atoms with E-state index in [2.05, 4.69) is 26.1 Å². The molecule has 0 spiro atoms. The highest BCUT2D eigenvalue weighted by Gasteiger charge is 2.51. The lowest BCUT2D eigenvalue weighted by Gasteiger charge is -2.39. The number of likely N-dealkylation sites (tertiary alicyclic amines) is 1. The van der Waals surface area contributed by atoms with Crippen LogP contribution >= 0.6 is 0 Å². The zero-order chi connectivity index (χ0) is 17.7. The van der Waals surface area contributed by atoms with E-state index in [1.807, 2.05) is 13.0 Å². The fourth-order valence-corrected chi connectivity index (χ4v) is 4.78. The van der Waals surface area contributed by atoms with E-state index in [0.29, 0.717) is 17.9 Å². The molecule has 1 aromatic carbocycles. The maximum Gasteiger partial charge on any atom is 0.313 e. The van der Waals surface area contributed by atoms with E-state index in [0.717, 1.165) is 24.8 Å². The second-order valence-corrected chi connectivity index (χ2v) is 8.69. The molecular formula is C19H27N3O2. The SMILES string of the molecule is Cc1ccc(N)c(NC(=O)C(=O)N2CC3(C)CC2CC(C)(C)C3)c1. The molecule has 5 nitrogen and oxygen atoms in total. The van der Waals surface area contributed by atoms with Gasteiger partial charge in [0.05, 0.1) is 11.4 Å². The molecule has 2 unspecified atom stereocenters. The fourth-order valence-electron chi connectivity index (χ4n) is 4.78. The Morgan fingerprint density at radius 2 is 1.96 bits per heavy atom. The van der Waals surface area contributed by atoms with Gasteiger partial charge in [0.25, 0.3) is 0 Å². The van der Waals surface area contributed by atoms with Crippen molar-refractivity contribution in [1.82, 2.24) is 4.90 Å². The Kier molecular flexibility index (Phi) is 3.85. The number of nitrogens with one attached hydrogen (secondary N) is 1. The Labute approximate surface area is 143 Å². The van der Waals surface area contributed by atoms with Gasteiger partial charge in [-0.25, -0.2) is 0 Å². The van der Waals surface area contributed by atoms with Crippen molar-refractivity contribution in [2.24, 2.45) is 10.8 Å². The number of hydrogen-bond acceptors (Lipinski definition) is 3. The van der Waals surface area contributed by atoms with Crippen LogP contribution in [0.4, 0.5) is 11.4 Å². The van der Waals surface area contributed by atoms with Gasteiger partial charge in [0, 0.05) is 12.6 Å². The number of carbonyl (C=O) groups excluding carboxylic acids is 2. The van der Waals surface area contributed by atoms with Gasteiger partial charge in [-0.1, -0.05) is 26.8 Å². The van der Waals surface area contributed by atoms with Crippen molar-refractivity contribution >= 4 is 23.2 Å². The third-order valence-electron chi connectivity index (χ3n) is 5.33. The van der Waals surface area contributed by atoms with Crippen LogP contribution in [-0.2, 0) is 9.59 Å². The lowest BCUT2D eigenvalue weighted by molar-refractivity contribution is -0.144. The molecule has 1 heterocycles. The monoisotopic (exact) mass is 329 g/mol. The van der Waals surface area contributed by atoms with Crippen molar-refractivity contribution < 1.29 is 9.59 Å². The third kappa shape index (κ3) is 3.12. The number of fused-ring (bicyclic) bond motifs is 2. The molecule has 5 heteroatoms. The molecule has 2 aliphatic rings. The summed E-state index contributed by atoms with van der Waals surface area (Å²) >= 11 is 0. The normalized spacial score (nSPS) is 27.8. The number of nitrogens with zero attached hydrogens (tertiary/aromatic N) is 1. The minimum absolute atomic E-state index is 0.116. The maximum absolute atomic E-state index is 12.7. The van der Waals surface area contributed by atoms with Gasteiger partial charge >= 0.3 is 11.8 Å². The van der Waals surface area contributed by atoms with Crippen molar-refractivity contribution in [2.75, 3.05) is 17.6 Å². The van der Waals surface area contributed by atoms with Crippen LogP contribution in [-0.4, -0.2) is 29.3 Å². The molecule has 1 saturated heterocycles. The van der Waals surface area contributed by atoms with Gasteiger partial charge in [-0.15, -0.1) is 0 Å². The van der Waals surface area contributed by atoms with Crippen molar-refractivity contribution in [3.8, 4) is 0 Å². The highest BCUT2D eigenvalue weighted by Crippen LogP contribution is 2.52. The van der Waals surface area contributed by atoms with Crippen molar-refractivity contribution in [3.05, 3.63) is 23.8 Å². The molecule has 2 amide bonds. The predicted octanol–water partition coefficient (Wildman–Crippen LogP) is 2.94. The van der Waals surface area contributed by atoms with Gasteiger partial charge in [0.2, 0.25) is 0 Å². The summed E-state index contributed by atoms with van der Waals surface area (Å²) in [5.74, 6) is -1.04. The number of nitrogen functional groups attached to an aromatic ring is 1. The van der Waals surface area contributed by atoms with E-state index in [1.165, 1.54) is 0 Å². The summed E-state index contributed by atoms with van der Waals surface area (Å²) < 4.78 is 0. The second-order valence-electron chi connectivity index (χ2n) is 8.69. The first-order chi connectivity index (χ1) is 11.1. The largest absolute Gasteiger partial charge is 0.397 e. The average molecular weight is 329 g/mol. The Morgan fingerprint density at radius 1 is 1.25 bits per heavy atom. The summed E-state index contributed by atoms with van der Waals surface area (Å²) in [5, 5.41) is 2.69. The third-order valence-corrected chi connectivity index (χ3v) is 5.33. The average Bonchev–Trinajstić information content (AvgIpc) is 2.71. The lowest BCUT2D eigenvalue weighted by atomic mass is 9.65. The molecule has 2 atom stereocenters. The molecular weight excluding hydrogens is 302 g/mol. The van der Waals surface area contributed by atoms with Crippen molar-refractivity contribution in [1.29, 1.82) is 0 Å². The van der Waals surface area contributed by atoms with E-state index in [4.69, 9.17) is 5.73 Å². The van der Waals surface area contributed by atoms with E-state index in [9.17, 15) is 9.59 Å². The van der Waals surface area contributed by atoms with Crippen molar-refractivity contribution in [2.45, 2.75) is 53.0 Å². The minimum atomic E-state index is -0.596. The van der Waals surface area contributed by atoms with Crippen LogP contribution in [0.2, 0.25) is 0 Å². The number of amides is 2. The Hall–Kier alpha value is -2.04. The van der Waals surface area contributed by atoms with Crippen molar-refractivity contribution in [3.63, 3.8) is 0 Å². The van der Waals surface area contributed by atoms with Crippen LogP contribution < -0.4 is 11.1 Å². The summed E-state index contributed by atoms with van der Waals surface area (Å²) in [5.41, 5.74) is 8.18. The van der Waals surface area contributed by atoms with E-state index in [-0.39, 0.29) is 16.9 Å². The molecule has 2 bridgehead atoms. The first-order valence-electron chi connectivity index (χ1n) is 8.57. The number of aryl methyl sites for hydroxylation is 1. The number of rotatable bonds is 1. The number of hydrogen-bond donors (Lipinski definition) is 2. The molecule has 0 radical (unpaired) electrons. The number of benzene rings is 1. The molecule has 1 saturated carbocycles. The van der Waals surface area contributed by atoms with Crippen LogP contribution in [0.3, 0.4) is 0 Å². The molecule has 3 N–H and O–H groups in total.